The zero-order valence-corrected chi connectivity index (χ0v) is 10.3. The van der Waals surface area contributed by atoms with E-state index in [9.17, 15) is 0 Å². The van der Waals surface area contributed by atoms with Crippen LogP contribution in [0.15, 0.2) is 42.6 Å². The van der Waals surface area contributed by atoms with Crippen LogP contribution in [0, 0.1) is 0 Å². The van der Waals surface area contributed by atoms with Gasteiger partial charge in [-0.1, -0.05) is 12.1 Å². The van der Waals surface area contributed by atoms with Gasteiger partial charge < -0.3 is 15.2 Å². The Morgan fingerprint density at radius 3 is 2.72 bits per heavy atom. The summed E-state index contributed by atoms with van der Waals surface area (Å²) < 4.78 is 2.34. The van der Waals surface area contributed by atoms with Crippen LogP contribution < -0.4 is 10.6 Å². The predicted octanol–water partition coefficient (Wildman–Crippen LogP) is 2.48. The fourth-order valence-electron chi connectivity index (χ4n) is 3.33. The minimum absolute atomic E-state index is 0.114. The van der Waals surface area contributed by atoms with Crippen molar-refractivity contribution in [2.45, 2.75) is 18.4 Å². The van der Waals surface area contributed by atoms with E-state index in [4.69, 9.17) is 0 Å². The monoisotopic (exact) mass is 239 g/mol. The average molecular weight is 239 g/mol. The molecule has 1 spiro atoms. The summed E-state index contributed by atoms with van der Waals surface area (Å²) in [4.78, 5) is 0. The highest BCUT2D eigenvalue weighted by Crippen LogP contribution is 2.41. The molecule has 2 aromatic rings. The Morgan fingerprint density at radius 1 is 1.00 bits per heavy atom. The first-order valence-corrected chi connectivity index (χ1v) is 6.65. The quantitative estimate of drug-likeness (QED) is 0.739. The fourth-order valence-corrected chi connectivity index (χ4v) is 3.33. The highest BCUT2D eigenvalue weighted by Gasteiger charge is 2.39. The largest absolute Gasteiger partial charge is 0.372 e. The van der Waals surface area contributed by atoms with Crippen molar-refractivity contribution in [3.05, 3.63) is 48.3 Å². The molecule has 0 amide bonds. The molecule has 0 aliphatic carbocycles. The van der Waals surface area contributed by atoms with Crippen molar-refractivity contribution >= 4 is 5.69 Å². The van der Waals surface area contributed by atoms with Crippen LogP contribution in [0.3, 0.4) is 0 Å². The average Bonchev–Trinajstić information content (AvgIpc) is 2.90. The Labute approximate surface area is 107 Å². The van der Waals surface area contributed by atoms with E-state index >= 15 is 0 Å². The Morgan fingerprint density at radius 2 is 1.83 bits per heavy atom. The normalized spacial score (nSPS) is 20.0. The standard InChI is InChI=1S/C15H17N3/c1-2-5-13-12(4-1)17-15(7-9-16-10-8-15)14-6-3-11-18(13)14/h1-6,11,16-17H,7-10H2. The Kier molecular flexibility index (Phi) is 2.06. The molecule has 2 N–H and O–H groups in total. The number of nitrogens with one attached hydrogen (secondary N) is 2. The number of rotatable bonds is 0. The Balaban J connectivity index is 1.92. The van der Waals surface area contributed by atoms with Gasteiger partial charge in [0.15, 0.2) is 0 Å². The molecular weight excluding hydrogens is 222 g/mol. The number of benzene rings is 1. The topological polar surface area (TPSA) is 29.0 Å². The van der Waals surface area contributed by atoms with E-state index in [1.807, 2.05) is 0 Å². The molecule has 0 saturated carbocycles. The molecule has 0 atom stereocenters. The van der Waals surface area contributed by atoms with Crippen LogP contribution in [-0.2, 0) is 5.54 Å². The first kappa shape index (κ1) is 10.2. The molecular formula is C15H17N3. The van der Waals surface area contributed by atoms with Crippen molar-refractivity contribution in [1.29, 1.82) is 0 Å². The van der Waals surface area contributed by atoms with E-state index in [0.29, 0.717) is 0 Å². The molecule has 3 heteroatoms. The van der Waals surface area contributed by atoms with Crippen molar-refractivity contribution in [3.63, 3.8) is 0 Å². The van der Waals surface area contributed by atoms with Crippen LogP contribution in [0.5, 0.6) is 0 Å². The lowest BCUT2D eigenvalue weighted by atomic mass is 9.83. The molecule has 3 heterocycles. The van der Waals surface area contributed by atoms with Crippen LogP contribution in [0.2, 0.25) is 0 Å². The second kappa shape index (κ2) is 3.62. The van der Waals surface area contributed by atoms with Gasteiger partial charge in [-0.3, -0.25) is 0 Å². The van der Waals surface area contributed by atoms with E-state index in [1.54, 1.807) is 0 Å². The zero-order valence-electron chi connectivity index (χ0n) is 10.3. The molecule has 18 heavy (non-hydrogen) atoms. The molecule has 1 saturated heterocycles. The molecule has 2 aliphatic heterocycles. The van der Waals surface area contributed by atoms with E-state index in [1.165, 1.54) is 17.1 Å². The summed E-state index contributed by atoms with van der Waals surface area (Å²) in [6.07, 6.45) is 4.47. The molecule has 3 nitrogen and oxygen atoms in total. The lowest BCUT2D eigenvalue weighted by Gasteiger charge is -2.43. The summed E-state index contributed by atoms with van der Waals surface area (Å²) in [5.41, 5.74) is 4.04. The molecule has 1 aromatic carbocycles. The van der Waals surface area contributed by atoms with Gasteiger partial charge in [0.25, 0.3) is 0 Å². The zero-order chi connectivity index (χ0) is 12.0. The van der Waals surface area contributed by atoms with Gasteiger partial charge in [-0.15, -0.1) is 0 Å². The van der Waals surface area contributed by atoms with Gasteiger partial charge in [0.05, 0.1) is 16.9 Å². The third kappa shape index (κ3) is 1.28. The first-order valence-electron chi connectivity index (χ1n) is 6.65. The maximum Gasteiger partial charge on any atom is 0.0804 e. The number of hydrogen-bond donors (Lipinski definition) is 2. The fraction of sp³-hybridized carbons (Fsp3) is 0.333. The highest BCUT2D eigenvalue weighted by molar-refractivity contribution is 5.66. The molecule has 92 valence electrons. The third-order valence-electron chi connectivity index (χ3n) is 4.23. The van der Waals surface area contributed by atoms with Crippen LogP contribution in [0.25, 0.3) is 5.69 Å². The van der Waals surface area contributed by atoms with Crippen molar-refractivity contribution in [3.8, 4) is 5.69 Å². The van der Waals surface area contributed by atoms with Crippen LogP contribution in [0.1, 0.15) is 18.5 Å². The van der Waals surface area contributed by atoms with E-state index in [-0.39, 0.29) is 5.54 Å². The highest BCUT2D eigenvalue weighted by atomic mass is 15.2. The van der Waals surface area contributed by atoms with Gasteiger partial charge in [-0.05, 0) is 50.2 Å². The number of para-hydroxylation sites is 2. The number of aromatic nitrogens is 1. The van der Waals surface area contributed by atoms with Crippen molar-refractivity contribution in [2.24, 2.45) is 0 Å². The van der Waals surface area contributed by atoms with Gasteiger partial charge in [0.1, 0.15) is 0 Å². The van der Waals surface area contributed by atoms with Crippen molar-refractivity contribution in [2.75, 3.05) is 18.4 Å². The minimum atomic E-state index is 0.114. The number of fused-ring (bicyclic) bond motifs is 4. The number of anilines is 1. The third-order valence-corrected chi connectivity index (χ3v) is 4.23. The molecule has 0 radical (unpaired) electrons. The summed E-state index contributed by atoms with van der Waals surface area (Å²) in [6.45, 7) is 2.17. The molecule has 1 fully saturated rings. The molecule has 2 aliphatic rings. The minimum Gasteiger partial charge on any atom is -0.372 e. The number of piperidine rings is 1. The maximum absolute atomic E-state index is 3.79. The molecule has 4 rings (SSSR count). The second-order valence-corrected chi connectivity index (χ2v) is 5.24. The molecule has 1 aromatic heterocycles. The Bertz CT molecular complexity index is 579. The summed E-state index contributed by atoms with van der Waals surface area (Å²) in [7, 11) is 0. The number of hydrogen-bond acceptors (Lipinski definition) is 2. The van der Waals surface area contributed by atoms with Gasteiger partial charge >= 0.3 is 0 Å². The first-order chi connectivity index (χ1) is 8.89. The molecule has 0 bridgehead atoms. The van der Waals surface area contributed by atoms with Crippen molar-refractivity contribution in [1.82, 2.24) is 9.88 Å². The van der Waals surface area contributed by atoms with Gasteiger partial charge in [-0.2, -0.15) is 0 Å². The van der Waals surface area contributed by atoms with Crippen LogP contribution >= 0.6 is 0 Å². The summed E-state index contributed by atoms with van der Waals surface area (Å²) in [6, 6.07) is 13.0. The van der Waals surface area contributed by atoms with Gasteiger partial charge in [0, 0.05) is 11.9 Å². The van der Waals surface area contributed by atoms with Crippen LogP contribution in [-0.4, -0.2) is 17.7 Å². The Hall–Kier alpha value is -1.74. The van der Waals surface area contributed by atoms with E-state index in [2.05, 4.69) is 57.8 Å². The van der Waals surface area contributed by atoms with E-state index < -0.39 is 0 Å². The lowest BCUT2D eigenvalue weighted by molar-refractivity contribution is 0.330. The van der Waals surface area contributed by atoms with Gasteiger partial charge in [0.2, 0.25) is 0 Å². The second-order valence-electron chi connectivity index (χ2n) is 5.24. The lowest BCUT2D eigenvalue weighted by Crippen LogP contribution is -2.48. The summed E-state index contributed by atoms with van der Waals surface area (Å²) in [5, 5.41) is 7.25. The van der Waals surface area contributed by atoms with Crippen molar-refractivity contribution < 1.29 is 0 Å². The van der Waals surface area contributed by atoms with Crippen LogP contribution in [0.4, 0.5) is 5.69 Å². The predicted molar refractivity (Wildman–Crippen MR) is 73.2 cm³/mol. The summed E-state index contributed by atoms with van der Waals surface area (Å²) >= 11 is 0. The summed E-state index contributed by atoms with van der Waals surface area (Å²) in [5.74, 6) is 0. The number of nitrogens with zero attached hydrogens (tertiary/aromatic N) is 1. The maximum atomic E-state index is 3.79. The van der Waals surface area contributed by atoms with Gasteiger partial charge in [-0.25, -0.2) is 0 Å². The molecule has 0 unspecified atom stereocenters. The smallest absolute Gasteiger partial charge is 0.0804 e. The SMILES string of the molecule is c1ccc2c(c1)NC1(CCNCC1)c1cccn1-2. The van der Waals surface area contributed by atoms with E-state index in [0.717, 1.165) is 25.9 Å².